The Hall–Kier alpha value is -0.590. The van der Waals surface area contributed by atoms with Crippen LogP contribution in [0.4, 0.5) is 0 Å². The maximum Gasteiger partial charge on any atom is 0.137 e. The molecular weight excluding hydrogens is 112 g/mol. The molecule has 1 aliphatic carbocycles. The predicted octanol–water partition coefficient (Wildman–Crippen LogP) is 1.93. The standard InChI is InChI=1S/C8H12O/c1-6-3-7(2)5-8(9)4-6/h3,6H,4-5H2,1-2H3. The van der Waals surface area contributed by atoms with E-state index in [2.05, 4.69) is 13.0 Å². The van der Waals surface area contributed by atoms with Crippen LogP contribution in [0, 0.1) is 5.92 Å². The van der Waals surface area contributed by atoms with Gasteiger partial charge in [-0.05, 0) is 12.8 Å². The lowest BCUT2D eigenvalue weighted by Crippen LogP contribution is -2.09. The Morgan fingerprint density at radius 2 is 2.33 bits per heavy atom. The monoisotopic (exact) mass is 124 g/mol. The second-order valence-electron chi connectivity index (χ2n) is 2.91. The van der Waals surface area contributed by atoms with Gasteiger partial charge in [-0.1, -0.05) is 18.6 Å². The van der Waals surface area contributed by atoms with E-state index >= 15 is 0 Å². The fourth-order valence-corrected chi connectivity index (χ4v) is 1.35. The molecule has 9 heavy (non-hydrogen) atoms. The van der Waals surface area contributed by atoms with Gasteiger partial charge in [-0.3, -0.25) is 4.79 Å². The summed E-state index contributed by atoms with van der Waals surface area (Å²) in [5.74, 6) is 0.869. The lowest BCUT2D eigenvalue weighted by Gasteiger charge is -2.12. The summed E-state index contributed by atoms with van der Waals surface area (Å²) < 4.78 is 0. The smallest absolute Gasteiger partial charge is 0.137 e. The molecule has 0 saturated carbocycles. The van der Waals surface area contributed by atoms with E-state index in [0.29, 0.717) is 18.1 Å². The van der Waals surface area contributed by atoms with Crippen LogP contribution in [-0.2, 0) is 4.79 Å². The number of carbonyl (C=O) groups excluding carboxylic acids is 1. The van der Waals surface area contributed by atoms with Gasteiger partial charge in [0.15, 0.2) is 0 Å². The lowest BCUT2D eigenvalue weighted by atomic mass is 9.92. The van der Waals surface area contributed by atoms with E-state index in [0.717, 1.165) is 6.42 Å². The first kappa shape index (κ1) is 6.53. The zero-order chi connectivity index (χ0) is 6.85. The van der Waals surface area contributed by atoms with Crippen molar-refractivity contribution < 1.29 is 4.79 Å². The molecule has 0 radical (unpaired) electrons. The third-order valence-electron chi connectivity index (χ3n) is 1.59. The summed E-state index contributed by atoms with van der Waals surface area (Å²) in [6, 6.07) is 0. The molecule has 0 bridgehead atoms. The molecule has 0 spiro atoms. The van der Waals surface area contributed by atoms with Crippen molar-refractivity contribution in [3.05, 3.63) is 11.6 Å². The summed E-state index contributed by atoms with van der Waals surface area (Å²) in [4.78, 5) is 10.8. The molecule has 0 amide bonds. The Morgan fingerprint density at radius 1 is 1.67 bits per heavy atom. The van der Waals surface area contributed by atoms with Gasteiger partial charge in [0.25, 0.3) is 0 Å². The molecule has 1 unspecified atom stereocenters. The number of rotatable bonds is 0. The Kier molecular flexibility index (Phi) is 1.70. The third kappa shape index (κ3) is 1.67. The highest BCUT2D eigenvalue weighted by Crippen LogP contribution is 2.18. The van der Waals surface area contributed by atoms with E-state index in [1.165, 1.54) is 5.57 Å². The molecule has 1 rings (SSSR count). The minimum atomic E-state index is 0.391. The molecule has 0 aromatic carbocycles. The molecule has 50 valence electrons. The second kappa shape index (κ2) is 2.34. The Morgan fingerprint density at radius 3 is 2.78 bits per heavy atom. The SMILES string of the molecule is CC1=CC(C)CC(=O)C1. The van der Waals surface area contributed by atoms with Gasteiger partial charge >= 0.3 is 0 Å². The summed E-state index contributed by atoms with van der Waals surface area (Å²) in [6.45, 7) is 4.11. The molecule has 1 atom stereocenters. The number of allylic oxidation sites excluding steroid dienone is 2. The zero-order valence-electron chi connectivity index (χ0n) is 5.98. The number of hydrogen-bond donors (Lipinski definition) is 0. The second-order valence-corrected chi connectivity index (χ2v) is 2.91. The fraction of sp³-hybridized carbons (Fsp3) is 0.625. The van der Waals surface area contributed by atoms with Crippen molar-refractivity contribution >= 4 is 5.78 Å². The Balaban J connectivity index is 2.67. The van der Waals surface area contributed by atoms with Crippen LogP contribution in [-0.4, -0.2) is 5.78 Å². The van der Waals surface area contributed by atoms with Gasteiger partial charge in [-0.15, -0.1) is 0 Å². The molecule has 1 heteroatoms. The van der Waals surface area contributed by atoms with Crippen LogP contribution in [0.2, 0.25) is 0 Å². The summed E-state index contributed by atoms with van der Waals surface area (Å²) >= 11 is 0. The van der Waals surface area contributed by atoms with Crippen molar-refractivity contribution in [3.8, 4) is 0 Å². The first-order chi connectivity index (χ1) is 4.18. The van der Waals surface area contributed by atoms with Gasteiger partial charge in [-0.2, -0.15) is 0 Å². The van der Waals surface area contributed by atoms with Gasteiger partial charge in [0.05, 0.1) is 0 Å². The lowest BCUT2D eigenvalue weighted by molar-refractivity contribution is -0.119. The maximum absolute atomic E-state index is 10.8. The van der Waals surface area contributed by atoms with Crippen LogP contribution in [0.1, 0.15) is 26.7 Å². The molecule has 0 N–H and O–H groups in total. The van der Waals surface area contributed by atoms with Crippen LogP contribution in [0.3, 0.4) is 0 Å². The highest BCUT2D eigenvalue weighted by molar-refractivity contribution is 5.82. The molecule has 0 saturated heterocycles. The van der Waals surface area contributed by atoms with Crippen molar-refractivity contribution in [2.45, 2.75) is 26.7 Å². The maximum atomic E-state index is 10.8. The molecule has 1 aliphatic rings. The minimum absolute atomic E-state index is 0.391. The molecule has 0 aromatic rings. The Bertz CT molecular complexity index is 156. The van der Waals surface area contributed by atoms with Crippen molar-refractivity contribution in [2.24, 2.45) is 5.92 Å². The molecule has 1 nitrogen and oxygen atoms in total. The van der Waals surface area contributed by atoms with E-state index in [4.69, 9.17) is 0 Å². The molecule has 0 aliphatic heterocycles. The summed E-state index contributed by atoms with van der Waals surface area (Å²) in [6.07, 6.45) is 3.61. The normalized spacial score (nSPS) is 28.0. The zero-order valence-corrected chi connectivity index (χ0v) is 5.98. The first-order valence-electron chi connectivity index (χ1n) is 3.37. The van der Waals surface area contributed by atoms with Crippen molar-refractivity contribution in [3.63, 3.8) is 0 Å². The molecule has 0 heterocycles. The van der Waals surface area contributed by atoms with Crippen LogP contribution in [0.5, 0.6) is 0 Å². The fourth-order valence-electron chi connectivity index (χ4n) is 1.35. The summed E-state index contributed by atoms with van der Waals surface area (Å²) in [5.41, 5.74) is 1.23. The van der Waals surface area contributed by atoms with Crippen LogP contribution in [0.15, 0.2) is 11.6 Å². The number of carbonyl (C=O) groups is 1. The van der Waals surface area contributed by atoms with E-state index in [-0.39, 0.29) is 0 Å². The van der Waals surface area contributed by atoms with E-state index in [1.54, 1.807) is 0 Å². The number of hydrogen-bond acceptors (Lipinski definition) is 1. The summed E-state index contributed by atoms with van der Waals surface area (Å²) in [5, 5.41) is 0. The van der Waals surface area contributed by atoms with Gasteiger partial charge < -0.3 is 0 Å². The van der Waals surface area contributed by atoms with Gasteiger partial charge in [0.2, 0.25) is 0 Å². The van der Waals surface area contributed by atoms with Crippen LogP contribution in [0.25, 0.3) is 0 Å². The predicted molar refractivity (Wildman–Crippen MR) is 37.2 cm³/mol. The van der Waals surface area contributed by atoms with Gasteiger partial charge in [-0.25, -0.2) is 0 Å². The largest absolute Gasteiger partial charge is 0.299 e. The summed E-state index contributed by atoms with van der Waals surface area (Å²) in [7, 11) is 0. The number of ketones is 1. The van der Waals surface area contributed by atoms with Crippen molar-refractivity contribution in [1.29, 1.82) is 0 Å². The van der Waals surface area contributed by atoms with E-state index in [9.17, 15) is 4.79 Å². The molecule has 0 fully saturated rings. The quantitative estimate of drug-likeness (QED) is 0.451. The first-order valence-corrected chi connectivity index (χ1v) is 3.37. The van der Waals surface area contributed by atoms with Crippen molar-refractivity contribution in [1.82, 2.24) is 0 Å². The van der Waals surface area contributed by atoms with Gasteiger partial charge in [0.1, 0.15) is 5.78 Å². The topological polar surface area (TPSA) is 17.1 Å². The third-order valence-corrected chi connectivity index (χ3v) is 1.59. The van der Waals surface area contributed by atoms with Crippen LogP contribution >= 0.6 is 0 Å². The van der Waals surface area contributed by atoms with Crippen molar-refractivity contribution in [2.75, 3.05) is 0 Å². The minimum Gasteiger partial charge on any atom is -0.299 e. The molecule has 0 aromatic heterocycles. The highest BCUT2D eigenvalue weighted by Gasteiger charge is 2.12. The van der Waals surface area contributed by atoms with E-state index in [1.807, 2.05) is 6.92 Å². The average molecular weight is 124 g/mol. The number of Topliss-reactive ketones (excluding diaryl/α,β-unsaturated/α-hetero) is 1. The Labute approximate surface area is 55.8 Å². The van der Waals surface area contributed by atoms with Gasteiger partial charge in [0, 0.05) is 12.8 Å². The molecular formula is C8H12O. The average Bonchev–Trinajstić information content (AvgIpc) is 1.59. The van der Waals surface area contributed by atoms with Crippen LogP contribution < -0.4 is 0 Å². The highest BCUT2D eigenvalue weighted by atomic mass is 16.1. The van der Waals surface area contributed by atoms with E-state index < -0.39 is 0 Å².